The number of benzene rings is 3. The van der Waals surface area contributed by atoms with Gasteiger partial charge in [-0.05, 0) is 96.2 Å². The number of fused-ring (bicyclic) bond motifs is 2. The van der Waals surface area contributed by atoms with Gasteiger partial charge in [0.15, 0.2) is 0 Å². The van der Waals surface area contributed by atoms with Crippen molar-refractivity contribution in [3.63, 3.8) is 0 Å². The van der Waals surface area contributed by atoms with Gasteiger partial charge >= 0.3 is 0 Å². The number of likely N-dealkylation sites (tertiary alicyclic amines) is 1. The topological polar surface area (TPSA) is 88.2 Å². The van der Waals surface area contributed by atoms with Crippen molar-refractivity contribution in [2.24, 2.45) is 0 Å². The molecule has 3 aromatic carbocycles. The summed E-state index contributed by atoms with van der Waals surface area (Å²) >= 11 is 3.18. The Kier molecular flexibility index (Phi) is 7.69. The van der Waals surface area contributed by atoms with Gasteiger partial charge in [-0.2, -0.15) is 0 Å². The van der Waals surface area contributed by atoms with Crippen LogP contribution >= 0.6 is 15.9 Å². The van der Waals surface area contributed by atoms with Gasteiger partial charge in [-0.1, -0.05) is 18.6 Å². The first-order chi connectivity index (χ1) is 20.1. The van der Waals surface area contributed by atoms with Gasteiger partial charge in [0, 0.05) is 23.6 Å². The van der Waals surface area contributed by atoms with Crippen LogP contribution in [0.3, 0.4) is 0 Å². The van der Waals surface area contributed by atoms with E-state index in [1.807, 2.05) is 24.3 Å². The summed E-state index contributed by atoms with van der Waals surface area (Å²) in [4.78, 5) is 18.1. The number of hydrogen-bond donors (Lipinski definition) is 1. The molecule has 0 radical (unpaired) electrons. The lowest BCUT2D eigenvalue weighted by atomic mass is 9.65. The van der Waals surface area contributed by atoms with E-state index < -0.39 is 21.3 Å². The van der Waals surface area contributed by atoms with E-state index in [1.54, 1.807) is 24.1 Å². The van der Waals surface area contributed by atoms with E-state index in [-0.39, 0.29) is 21.4 Å². The second-order valence-corrected chi connectivity index (χ2v) is 13.9. The first-order valence-corrected chi connectivity index (χ1v) is 16.3. The standard InChI is InChI=1S/C31H33BrFN3O5S/c1-35-14-10-24(11-15-35)41-27-18-22(34-42(38,39)28-9-6-21(33)16-26(28)32)17-25-29(27)36(30(37)31(25)12-3-13-31)19-20-4-7-23(40-2)8-5-20/h4-9,16-18,24,34H,3,10-15,19H2,1-2H3. The number of amides is 1. The lowest BCUT2D eigenvalue weighted by Gasteiger charge is -2.37. The van der Waals surface area contributed by atoms with Crippen LogP contribution in [0.4, 0.5) is 15.8 Å². The molecule has 11 heteroatoms. The van der Waals surface area contributed by atoms with Crippen molar-refractivity contribution in [1.29, 1.82) is 0 Å². The Morgan fingerprint density at radius 3 is 2.40 bits per heavy atom. The molecule has 2 aliphatic heterocycles. The zero-order valence-electron chi connectivity index (χ0n) is 23.5. The maximum atomic E-state index is 14.1. The van der Waals surface area contributed by atoms with Gasteiger partial charge in [-0.3, -0.25) is 9.52 Å². The summed E-state index contributed by atoms with van der Waals surface area (Å²) in [7, 11) is -0.390. The number of sulfonamides is 1. The zero-order valence-corrected chi connectivity index (χ0v) is 25.9. The lowest BCUT2D eigenvalue weighted by Crippen LogP contribution is -2.44. The largest absolute Gasteiger partial charge is 0.497 e. The van der Waals surface area contributed by atoms with Crippen molar-refractivity contribution in [2.45, 2.75) is 55.1 Å². The number of methoxy groups -OCH3 is 1. The van der Waals surface area contributed by atoms with Crippen LogP contribution in [0.5, 0.6) is 11.5 Å². The molecule has 6 rings (SSSR count). The summed E-state index contributed by atoms with van der Waals surface area (Å²) in [5.74, 6) is 0.686. The van der Waals surface area contributed by atoms with E-state index in [4.69, 9.17) is 9.47 Å². The minimum absolute atomic E-state index is 0.00841. The highest BCUT2D eigenvalue weighted by Crippen LogP contribution is 2.57. The number of rotatable bonds is 8. The van der Waals surface area contributed by atoms with Crippen LogP contribution in [0, 0.1) is 5.82 Å². The molecular formula is C31H33BrFN3O5S. The molecule has 0 aromatic heterocycles. The van der Waals surface area contributed by atoms with Crippen LogP contribution in [0.1, 0.15) is 43.2 Å². The molecule has 0 unspecified atom stereocenters. The van der Waals surface area contributed by atoms with E-state index in [2.05, 4.69) is 32.6 Å². The fourth-order valence-electron chi connectivity index (χ4n) is 6.14. The van der Waals surface area contributed by atoms with E-state index in [9.17, 15) is 17.6 Å². The van der Waals surface area contributed by atoms with Crippen LogP contribution in [0.15, 0.2) is 64.0 Å². The summed E-state index contributed by atoms with van der Waals surface area (Å²) in [6, 6.07) is 14.5. The molecule has 3 aromatic rings. The van der Waals surface area contributed by atoms with Gasteiger partial charge in [0.2, 0.25) is 5.91 Å². The maximum absolute atomic E-state index is 14.1. The van der Waals surface area contributed by atoms with Gasteiger partial charge in [-0.15, -0.1) is 0 Å². The van der Waals surface area contributed by atoms with E-state index in [1.165, 1.54) is 6.07 Å². The predicted octanol–water partition coefficient (Wildman–Crippen LogP) is 5.84. The summed E-state index contributed by atoms with van der Waals surface area (Å²) in [5, 5.41) is 0. The van der Waals surface area contributed by atoms with Crippen LogP contribution in [0.25, 0.3) is 0 Å². The number of nitrogens with one attached hydrogen (secondary N) is 1. The number of hydrogen-bond acceptors (Lipinski definition) is 6. The first kappa shape index (κ1) is 28.9. The van der Waals surface area contributed by atoms with Crippen molar-refractivity contribution in [2.75, 3.05) is 36.9 Å². The minimum atomic E-state index is -4.08. The minimum Gasteiger partial charge on any atom is -0.497 e. The maximum Gasteiger partial charge on any atom is 0.263 e. The van der Waals surface area contributed by atoms with E-state index >= 15 is 0 Å². The summed E-state index contributed by atoms with van der Waals surface area (Å²) in [5.41, 5.74) is 2.03. The molecule has 8 nitrogen and oxygen atoms in total. The fraction of sp³-hybridized carbons (Fsp3) is 0.387. The highest BCUT2D eigenvalue weighted by atomic mass is 79.9. The van der Waals surface area contributed by atoms with Gasteiger partial charge in [0.25, 0.3) is 10.0 Å². The van der Waals surface area contributed by atoms with Gasteiger partial charge in [-0.25, -0.2) is 12.8 Å². The Morgan fingerprint density at radius 2 is 1.79 bits per heavy atom. The number of carbonyl (C=O) groups is 1. The molecule has 3 aliphatic rings. The molecular weight excluding hydrogens is 625 g/mol. The third kappa shape index (κ3) is 5.26. The third-order valence-corrected chi connectivity index (χ3v) is 11.0. The number of piperidine rings is 1. The van der Waals surface area contributed by atoms with Gasteiger partial charge < -0.3 is 19.3 Å². The lowest BCUT2D eigenvalue weighted by molar-refractivity contribution is -0.126. The molecule has 1 spiro atoms. The Balaban J connectivity index is 1.43. The highest BCUT2D eigenvalue weighted by Gasteiger charge is 2.55. The van der Waals surface area contributed by atoms with Crippen LogP contribution in [0.2, 0.25) is 0 Å². The Hall–Kier alpha value is -3.15. The van der Waals surface area contributed by atoms with Gasteiger partial charge in [0.05, 0.1) is 30.4 Å². The molecule has 0 bridgehead atoms. The van der Waals surface area contributed by atoms with Crippen molar-refractivity contribution >= 4 is 43.2 Å². The molecule has 42 heavy (non-hydrogen) atoms. The molecule has 2 heterocycles. The molecule has 1 saturated heterocycles. The molecule has 1 saturated carbocycles. The summed E-state index contributed by atoms with van der Waals surface area (Å²) in [6.45, 7) is 2.13. The molecule has 222 valence electrons. The third-order valence-electron chi connectivity index (χ3n) is 8.62. The Bertz CT molecular complexity index is 1620. The number of nitrogens with zero attached hydrogens (tertiary/aromatic N) is 2. The van der Waals surface area contributed by atoms with Crippen LogP contribution in [-0.2, 0) is 26.8 Å². The molecule has 0 atom stereocenters. The summed E-state index contributed by atoms with van der Waals surface area (Å²) in [6.07, 6.45) is 3.85. The molecule has 1 amide bonds. The first-order valence-electron chi connectivity index (χ1n) is 14.1. The molecule has 1 aliphatic carbocycles. The SMILES string of the molecule is COc1ccc(CN2C(=O)C3(CCC3)c3cc(NS(=O)(=O)c4ccc(F)cc4Br)cc(OC4CCN(C)CC4)c32)cc1. The van der Waals surface area contributed by atoms with Crippen molar-refractivity contribution in [3.05, 3.63) is 76.0 Å². The zero-order chi connectivity index (χ0) is 29.6. The van der Waals surface area contributed by atoms with Crippen LogP contribution in [-0.4, -0.2) is 52.6 Å². The Morgan fingerprint density at radius 1 is 1.07 bits per heavy atom. The van der Waals surface area contributed by atoms with E-state index in [0.717, 1.165) is 61.4 Å². The smallest absolute Gasteiger partial charge is 0.263 e. The monoisotopic (exact) mass is 657 g/mol. The van der Waals surface area contributed by atoms with Crippen LogP contribution < -0.4 is 19.1 Å². The molecule has 1 N–H and O–H groups in total. The van der Waals surface area contributed by atoms with E-state index in [0.29, 0.717) is 36.5 Å². The fourth-order valence-corrected chi connectivity index (χ4v) is 8.23. The van der Waals surface area contributed by atoms with Gasteiger partial charge in [0.1, 0.15) is 28.3 Å². The highest BCUT2D eigenvalue weighted by molar-refractivity contribution is 9.10. The Labute approximate surface area is 254 Å². The molecule has 2 fully saturated rings. The number of carbonyl (C=O) groups excluding carboxylic acids is 1. The average Bonchev–Trinajstić information content (AvgIpc) is 3.17. The number of halogens is 2. The van der Waals surface area contributed by atoms with Crippen molar-refractivity contribution in [1.82, 2.24) is 4.90 Å². The average molecular weight is 659 g/mol. The summed E-state index contributed by atoms with van der Waals surface area (Å²) < 4.78 is 55.3. The number of ether oxygens (including phenoxy) is 2. The number of anilines is 2. The van der Waals surface area contributed by atoms with Crippen molar-refractivity contribution in [3.8, 4) is 11.5 Å². The van der Waals surface area contributed by atoms with Crippen molar-refractivity contribution < 1.29 is 27.1 Å². The second kappa shape index (κ2) is 11.2. The second-order valence-electron chi connectivity index (χ2n) is 11.3. The quantitative estimate of drug-likeness (QED) is 0.328. The predicted molar refractivity (Wildman–Crippen MR) is 162 cm³/mol. The normalized spacial score (nSPS) is 18.6.